The molecule has 0 spiro atoms. The molecule has 2 amide bonds. The van der Waals surface area contributed by atoms with Crippen molar-refractivity contribution in [2.45, 2.75) is 90.6 Å². The van der Waals surface area contributed by atoms with Gasteiger partial charge in [-0.25, -0.2) is 8.78 Å². The second-order valence-electron chi connectivity index (χ2n) is 12.8. The maximum absolute atomic E-state index is 15.0. The lowest BCUT2D eigenvalue weighted by molar-refractivity contribution is -0.139. The predicted molar refractivity (Wildman–Crippen MR) is 160 cm³/mol. The Bertz CT molecular complexity index is 1270. The lowest BCUT2D eigenvalue weighted by atomic mass is 9.77. The van der Waals surface area contributed by atoms with Gasteiger partial charge in [0.2, 0.25) is 11.8 Å². The molecule has 0 bridgehead atoms. The molecule has 2 saturated heterocycles. The summed E-state index contributed by atoms with van der Waals surface area (Å²) in [5.41, 5.74) is 3.49. The van der Waals surface area contributed by atoms with Crippen LogP contribution in [0.5, 0.6) is 0 Å². The van der Waals surface area contributed by atoms with E-state index >= 15 is 4.39 Å². The topological polar surface area (TPSA) is 52.7 Å². The zero-order chi connectivity index (χ0) is 30.1. The van der Waals surface area contributed by atoms with E-state index in [0.29, 0.717) is 36.6 Å². The fraction of sp³-hybridized carbons (Fsp3) is 0.576. The summed E-state index contributed by atoms with van der Waals surface area (Å²) >= 11 is 6.57. The summed E-state index contributed by atoms with van der Waals surface area (Å²) in [7, 11) is 0. The van der Waals surface area contributed by atoms with E-state index in [4.69, 9.17) is 11.6 Å². The number of nitrogens with zero attached hydrogens (tertiary/aromatic N) is 2. The van der Waals surface area contributed by atoms with Crippen LogP contribution in [-0.4, -0.2) is 53.3 Å². The standard InChI is InChI=1S/C33H44ClF2N3O2/c1-7-31(37-21(3)40)27-16-20(2)29(34)18-26(27)22-10-13-38(14-11-22)32(41)25-12-15-39(33(4,5)6)19-28(25)24-9-8-23(35)17-30(24)36/h8-9,16-18,22,25,28,31H,7,10-15,19H2,1-6H3,(H,37,40)/t25?,28-,31-/m0/s1. The minimum absolute atomic E-state index is 0.0533. The van der Waals surface area contributed by atoms with E-state index in [1.807, 2.05) is 17.9 Å². The average Bonchev–Trinajstić information content (AvgIpc) is 2.92. The van der Waals surface area contributed by atoms with E-state index in [1.165, 1.54) is 19.1 Å². The van der Waals surface area contributed by atoms with Crippen LogP contribution in [0, 0.1) is 24.5 Å². The van der Waals surface area contributed by atoms with Crippen LogP contribution in [-0.2, 0) is 9.59 Å². The van der Waals surface area contributed by atoms with Crippen LogP contribution in [0.3, 0.4) is 0 Å². The van der Waals surface area contributed by atoms with Gasteiger partial charge in [0.25, 0.3) is 0 Å². The molecule has 3 atom stereocenters. The van der Waals surface area contributed by atoms with Crippen molar-refractivity contribution in [1.29, 1.82) is 0 Å². The number of nitrogens with one attached hydrogen (secondary N) is 1. The van der Waals surface area contributed by atoms with Crippen molar-refractivity contribution in [2.24, 2.45) is 5.92 Å². The highest BCUT2D eigenvalue weighted by atomic mass is 35.5. The second kappa shape index (κ2) is 12.8. The Morgan fingerprint density at radius 1 is 1.05 bits per heavy atom. The van der Waals surface area contributed by atoms with Gasteiger partial charge in [-0.3, -0.25) is 14.5 Å². The first-order valence-corrected chi connectivity index (χ1v) is 15.2. The number of hydrogen-bond donors (Lipinski definition) is 1. The van der Waals surface area contributed by atoms with Gasteiger partial charge in [-0.15, -0.1) is 0 Å². The molecular formula is C33H44ClF2N3O2. The fourth-order valence-corrected chi connectivity index (χ4v) is 6.81. The Morgan fingerprint density at radius 3 is 2.32 bits per heavy atom. The van der Waals surface area contributed by atoms with Gasteiger partial charge < -0.3 is 10.2 Å². The lowest BCUT2D eigenvalue weighted by Gasteiger charge is -2.46. The summed E-state index contributed by atoms with van der Waals surface area (Å²) in [5, 5.41) is 3.78. The normalized spacial score (nSPS) is 21.5. The molecule has 41 heavy (non-hydrogen) atoms. The van der Waals surface area contributed by atoms with Gasteiger partial charge in [-0.2, -0.15) is 0 Å². The van der Waals surface area contributed by atoms with Crippen molar-refractivity contribution in [2.75, 3.05) is 26.2 Å². The zero-order valence-electron chi connectivity index (χ0n) is 25.2. The third-order valence-corrected chi connectivity index (χ3v) is 9.42. The smallest absolute Gasteiger partial charge is 0.226 e. The summed E-state index contributed by atoms with van der Waals surface area (Å²) in [6, 6.07) is 7.75. The first-order chi connectivity index (χ1) is 19.3. The first kappa shape index (κ1) is 31.4. The number of carbonyl (C=O) groups is 2. The van der Waals surface area contributed by atoms with Crippen molar-refractivity contribution in [3.63, 3.8) is 0 Å². The van der Waals surface area contributed by atoms with E-state index in [-0.39, 0.29) is 41.1 Å². The Hall–Kier alpha value is -2.51. The number of aryl methyl sites for hydroxylation is 1. The van der Waals surface area contributed by atoms with Crippen molar-refractivity contribution in [1.82, 2.24) is 15.1 Å². The number of halogens is 3. The van der Waals surface area contributed by atoms with E-state index < -0.39 is 11.6 Å². The second-order valence-corrected chi connectivity index (χ2v) is 13.2. The molecule has 2 heterocycles. The number of hydrogen-bond acceptors (Lipinski definition) is 3. The summed E-state index contributed by atoms with van der Waals surface area (Å²) < 4.78 is 28.8. The number of likely N-dealkylation sites (tertiary alicyclic amines) is 2. The molecule has 0 aromatic heterocycles. The molecular weight excluding hydrogens is 544 g/mol. The maximum atomic E-state index is 15.0. The Labute approximate surface area is 248 Å². The van der Waals surface area contributed by atoms with Crippen LogP contribution in [0.25, 0.3) is 0 Å². The van der Waals surface area contributed by atoms with Crippen LogP contribution in [0.15, 0.2) is 30.3 Å². The van der Waals surface area contributed by atoms with E-state index in [2.05, 4.69) is 44.0 Å². The van der Waals surface area contributed by atoms with Gasteiger partial charge in [-0.1, -0.05) is 30.7 Å². The van der Waals surface area contributed by atoms with Crippen LogP contribution in [0.1, 0.15) is 100 Å². The molecule has 0 aliphatic carbocycles. The van der Waals surface area contributed by atoms with Crippen LogP contribution < -0.4 is 5.32 Å². The van der Waals surface area contributed by atoms with Crippen molar-refractivity contribution >= 4 is 23.4 Å². The highest BCUT2D eigenvalue weighted by Crippen LogP contribution is 2.40. The third-order valence-electron chi connectivity index (χ3n) is 9.01. The minimum Gasteiger partial charge on any atom is -0.350 e. The summed E-state index contributed by atoms with van der Waals surface area (Å²) in [6.07, 6.45) is 2.96. The van der Waals surface area contributed by atoms with Gasteiger partial charge in [-0.05, 0) is 100 Å². The molecule has 2 aromatic carbocycles. The predicted octanol–water partition coefficient (Wildman–Crippen LogP) is 7.12. The average molecular weight is 588 g/mol. The number of amides is 2. The first-order valence-electron chi connectivity index (χ1n) is 14.9. The van der Waals surface area contributed by atoms with Crippen molar-refractivity contribution in [3.8, 4) is 0 Å². The number of rotatable bonds is 6. The molecule has 2 fully saturated rings. The molecule has 0 radical (unpaired) electrons. The quantitative estimate of drug-likeness (QED) is 0.391. The Morgan fingerprint density at radius 2 is 1.73 bits per heavy atom. The van der Waals surface area contributed by atoms with E-state index in [0.717, 1.165) is 48.6 Å². The molecule has 1 unspecified atom stereocenters. The molecule has 1 N–H and O–H groups in total. The number of benzene rings is 2. The Kier molecular flexibility index (Phi) is 9.80. The maximum Gasteiger partial charge on any atom is 0.226 e. The van der Waals surface area contributed by atoms with Crippen molar-refractivity contribution in [3.05, 3.63) is 69.2 Å². The van der Waals surface area contributed by atoms with Gasteiger partial charge in [0, 0.05) is 55.0 Å². The SMILES string of the molecule is CC[C@H](NC(C)=O)c1cc(C)c(Cl)cc1C1CCN(C(=O)C2CCN(C(C)(C)C)C[C@H]2c2ccc(F)cc2F)CC1. The van der Waals surface area contributed by atoms with Crippen LogP contribution in [0.2, 0.25) is 5.02 Å². The lowest BCUT2D eigenvalue weighted by Crippen LogP contribution is -2.53. The minimum atomic E-state index is -0.612. The molecule has 2 aliphatic heterocycles. The van der Waals surface area contributed by atoms with E-state index in [1.54, 1.807) is 0 Å². The molecule has 5 nitrogen and oxygen atoms in total. The van der Waals surface area contributed by atoms with Gasteiger partial charge in [0.1, 0.15) is 11.6 Å². The van der Waals surface area contributed by atoms with Crippen LogP contribution >= 0.6 is 11.6 Å². The van der Waals surface area contributed by atoms with Gasteiger partial charge >= 0.3 is 0 Å². The highest BCUT2D eigenvalue weighted by molar-refractivity contribution is 6.31. The third kappa shape index (κ3) is 7.11. The largest absolute Gasteiger partial charge is 0.350 e. The summed E-state index contributed by atoms with van der Waals surface area (Å²) in [6.45, 7) is 14.4. The van der Waals surface area contributed by atoms with Crippen LogP contribution in [0.4, 0.5) is 8.78 Å². The van der Waals surface area contributed by atoms with Gasteiger partial charge in [0.15, 0.2) is 0 Å². The number of carbonyl (C=O) groups excluding carboxylic acids is 2. The van der Waals surface area contributed by atoms with Gasteiger partial charge in [0.05, 0.1) is 6.04 Å². The monoisotopic (exact) mass is 587 g/mol. The molecule has 2 aliphatic rings. The molecule has 224 valence electrons. The fourth-order valence-electron chi connectivity index (χ4n) is 6.64. The number of piperidine rings is 2. The molecule has 2 aromatic rings. The molecule has 0 saturated carbocycles. The summed E-state index contributed by atoms with van der Waals surface area (Å²) in [5.74, 6) is -1.71. The Balaban J connectivity index is 1.54. The van der Waals surface area contributed by atoms with E-state index in [9.17, 15) is 14.0 Å². The highest BCUT2D eigenvalue weighted by Gasteiger charge is 2.41. The summed E-state index contributed by atoms with van der Waals surface area (Å²) in [4.78, 5) is 30.1. The molecule has 8 heteroatoms. The molecule has 4 rings (SSSR count). The van der Waals surface area contributed by atoms with Crippen molar-refractivity contribution < 1.29 is 18.4 Å². The zero-order valence-corrected chi connectivity index (χ0v) is 26.0.